The summed E-state index contributed by atoms with van der Waals surface area (Å²) in [5.41, 5.74) is 1.11. The minimum atomic E-state index is -0.207. The lowest BCUT2D eigenvalue weighted by atomic mass is 9.63. The van der Waals surface area contributed by atoms with E-state index in [2.05, 4.69) is 26.1 Å². The molecule has 2 saturated heterocycles. The van der Waals surface area contributed by atoms with E-state index < -0.39 is 0 Å². The lowest BCUT2D eigenvalue weighted by Gasteiger charge is -2.54. The van der Waals surface area contributed by atoms with Gasteiger partial charge in [0.2, 0.25) is 0 Å². The number of hydrogen-bond donors (Lipinski definition) is 2. The van der Waals surface area contributed by atoms with Crippen LogP contribution in [0.3, 0.4) is 0 Å². The van der Waals surface area contributed by atoms with Crippen LogP contribution in [0.4, 0.5) is 0 Å². The van der Waals surface area contributed by atoms with Crippen molar-refractivity contribution in [1.29, 1.82) is 0 Å². The van der Waals surface area contributed by atoms with Crippen LogP contribution < -0.4 is 10.1 Å². The summed E-state index contributed by atoms with van der Waals surface area (Å²) in [7, 11) is 0. The fourth-order valence-corrected chi connectivity index (χ4v) is 5.44. The van der Waals surface area contributed by atoms with Gasteiger partial charge in [-0.1, -0.05) is 20.3 Å². The van der Waals surface area contributed by atoms with Gasteiger partial charge in [0.05, 0.1) is 12.7 Å². The normalized spacial score (nSPS) is 32.0. The van der Waals surface area contributed by atoms with Crippen LogP contribution >= 0.6 is 0 Å². The topological polar surface area (TPSA) is 50.7 Å². The van der Waals surface area contributed by atoms with Crippen molar-refractivity contribution in [2.24, 2.45) is 17.3 Å². The predicted molar refractivity (Wildman–Crippen MR) is 107 cm³/mol. The monoisotopic (exact) mass is 373 g/mol. The highest BCUT2D eigenvalue weighted by atomic mass is 16.5. The van der Waals surface area contributed by atoms with E-state index in [-0.39, 0.29) is 17.1 Å². The molecule has 0 aromatic heterocycles. The molecule has 0 radical (unpaired) electrons. The molecule has 4 nitrogen and oxygen atoms in total. The van der Waals surface area contributed by atoms with Crippen LogP contribution in [0.1, 0.15) is 71.0 Å². The van der Waals surface area contributed by atoms with Gasteiger partial charge in [-0.3, -0.25) is 0 Å². The number of hydrogen-bond acceptors (Lipinski definition) is 4. The fourth-order valence-electron chi connectivity index (χ4n) is 5.44. The summed E-state index contributed by atoms with van der Waals surface area (Å²) in [6.07, 6.45) is 7.03. The van der Waals surface area contributed by atoms with Crippen LogP contribution in [0.5, 0.6) is 11.5 Å². The van der Waals surface area contributed by atoms with E-state index in [0.717, 1.165) is 49.8 Å². The average Bonchev–Trinajstić information content (AvgIpc) is 2.63. The van der Waals surface area contributed by atoms with Gasteiger partial charge in [0.25, 0.3) is 0 Å². The predicted octanol–water partition coefficient (Wildman–Crippen LogP) is 4.82. The second-order valence-electron chi connectivity index (χ2n) is 9.72. The zero-order chi connectivity index (χ0) is 19.1. The molecular formula is C23H35NO3. The molecule has 1 aromatic carbocycles. The molecule has 0 aliphatic carbocycles. The highest BCUT2D eigenvalue weighted by Gasteiger charge is 2.53. The molecule has 3 atom stereocenters. The van der Waals surface area contributed by atoms with Crippen molar-refractivity contribution in [2.45, 2.75) is 71.0 Å². The van der Waals surface area contributed by atoms with Crippen molar-refractivity contribution in [3.63, 3.8) is 0 Å². The number of benzene rings is 1. The van der Waals surface area contributed by atoms with Gasteiger partial charge >= 0.3 is 0 Å². The smallest absolute Gasteiger partial charge is 0.126 e. The van der Waals surface area contributed by atoms with Gasteiger partial charge in [0.1, 0.15) is 17.1 Å². The second-order valence-corrected chi connectivity index (χ2v) is 9.72. The van der Waals surface area contributed by atoms with Crippen molar-refractivity contribution in [3.8, 4) is 11.5 Å². The SMILES string of the molecule is CC(C)CCC[C@]1(C)Oc2ccc(O)cc2[C@H]2OCC3(CCNCC3)C[C@@H]21. The summed E-state index contributed by atoms with van der Waals surface area (Å²) < 4.78 is 13.2. The highest BCUT2D eigenvalue weighted by molar-refractivity contribution is 5.44. The molecule has 3 aliphatic heterocycles. The fraction of sp³-hybridized carbons (Fsp3) is 0.739. The summed E-state index contributed by atoms with van der Waals surface area (Å²) >= 11 is 0. The Balaban J connectivity index is 1.64. The van der Waals surface area contributed by atoms with Gasteiger partial charge in [-0.15, -0.1) is 0 Å². The van der Waals surface area contributed by atoms with E-state index >= 15 is 0 Å². The summed E-state index contributed by atoms with van der Waals surface area (Å²) in [5, 5.41) is 13.5. The molecule has 150 valence electrons. The van der Waals surface area contributed by atoms with E-state index in [4.69, 9.17) is 9.47 Å². The maximum atomic E-state index is 10.0. The van der Waals surface area contributed by atoms with Crippen molar-refractivity contribution >= 4 is 0 Å². The van der Waals surface area contributed by atoms with Gasteiger partial charge < -0.3 is 19.9 Å². The van der Waals surface area contributed by atoms with E-state index in [1.807, 2.05) is 12.1 Å². The second kappa shape index (κ2) is 7.29. The van der Waals surface area contributed by atoms with E-state index in [1.54, 1.807) is 6.07 Å². The molecule has 2 fully saturated rings. The Kier molecular flexibility index (Phi) is 5.15. The number of piperidine rings is 1. The van der Waals surface area contributed by atoms with Gasteiger partial charge in [-0.2, -0.15) is 0 Å². The van der Waals surface area contributed by atoms with Crippen molar-refractivity contribution in [3.05, 3.63) is 23.8 Å². The highest BCUT2D eigenvalue weighted by Crippen LogP contribution is 2.56. The molecule has 27 heavy (non-hydrogen) atoms. The molecule has 1 aromatic rings. The van der Waals surface area contributed by atoms with Crippen LogP contribution in [0.25, 0.3) is 0 Å². The first-order chi connectivity index (χ1) is 12.9. The van der Waals surface area contributed by atoms with Gasteiger partial charge in [0.15, 0.2) is 0 Å². The number of nitrogens with one attached hydrogen (secondary N) is 1. The van der Waals surface area contributed by atoms with Crippen LogP contribution in [0, 0.1) is 17.3 Å². The van der Waals surface area contributed by atoms with E-state index in [1.165, 1.54) is 25.7 Å². The summed E-state index contributed by atoms with van der Waals surface area (Å²) in [6, 6.07) is 5.49. The lowest BCUT2D eigenvalue weighted by Crippen LogP contribution is -2.55. The molecule has 0 saturated carbocycles. The molecule has 3 heterocycles. The average molecular weight is 374 g/mol. The Morgan fingerprint density at radius 1 is 1.26 bits per heavy atom. The minimum absolute atomic E-state index is 0.0328. The number of aromatic hydroxyl groups is 1. The van der Waals surface area contributed by atoms with Crippen LogP contribution in [0.15, 0.2) is 18.2 Å². The maximum Gasteiger partial charge on any atom is 0.126 e. The molecule has 4 rings (SSSR count). The number of phenols is 1. The van der Waals surface area contributed by atoms with Gasteiger partial charge in [-0.25, -0.2) is 0 Å². The quantitative estimate of drug-likeness (QED) is 0.795. The first kappa shape index (κ1) is 19.1. The number of rotatable bonds is 4. The molecule has 0 amide bonds. The Hall–Kier alpha value is -1.26. The molecule has 4 heteroatoms. The molecule has 1 spiro atoms. The van der Waals surface area contributed by atoms with Crippen molar-refractivity contribution in [2.75, 3.05) is 19.7 Å². The third-order valence-corrected chi connectivity index (χ3v) is 7.13. The standard InChI is InChI=1S/C23H35NO3/c1-16(2)5-4-8-22(3)19-14-23(9-11-24-12-10-23)15-26-21(19)18-13-17(25)6-7-20(18)27-22/h6-7,13,16,19,21,24-25H,4-5,8-12,14-15H2,1-3H3/t19-,21+,22-/m0/s1. The molecule has 0 bridgehead atoms. The molecule has 3 aliphatic rings. The number of fused-ring (bicyclic) bond motifs is 3. The molecule has 0 unspecified atom stereocenters. The van der Waals surface area contributed by atoms with Gasteiger partial charge in [-0.05, 0) is 81.6 Å². The molecular weight excluding hydrogens is 338 g/mol. The zero-order valence-corrected chi connectivity index (χ0v) is 17.1. The Bertz CT molecular complexity index is 668. The van der Waals surface area contributed by atoms with Crippen LogP contribution in [0.2, 0.25) is 0 Å². The third-order valence-electron chi connectivity index (χ3n) is 7.13. The molecule has 2 N–H and O–H groups in total. The van der Waals surface area contributed by atoms with E-state index in [0.29, 0.717) is 11.7 Å². The number of phenolic OH excluding ortho intramolecular Hbond substituents is 1. The Labute approximate surface area is 163 Å². The zero-order valence-electron chi connectivity index (χ0n) is 17.1. The first-order valence-electron chi connectivity index (χ1n) is 10.8. The first-order valence-corrected chi connectivity index (χ1v) is 10.8. The van der Waals surface area contributed by atoms with E-state index in [9.17, 15) is 5.11 Å². The van der Waals surface area contributed by atoms with Crippen LogP contribution in [-0.4, -0.2) is 30.4 Å². The minimum Gasteiger partial charge on any atom is -0.508 e. The summed E-state index contributed by atoms with van der Waals surface area (Å²) in [6.45, 7) is 9.88. The third kappa shape index (κ3) is 3.71. The Morgan fingerprint density at radius 2 is 2.04 bits per heavy atom. The lowest BCUT2D eigenvalue weighted by molar-refractivity contribution is -0.176. The summed E-state index contributed by atoms with van der Waals surface area (Å²) in [4.78, 5) is 0. The maximum absolute atomic E-state index is 10.0. The van der Waals surface area contributed by atoms with Gasteiger partial charge in [0, 0.05) is 11.5 Å². The largest absolute Gasteiger partial charge is 0.508 e. The Morgan fingerprint density at radius 3 is 2.78 bits per heavy atom. The summed E-state index contributed by atoms with van der Waals surface area (Å²) in [5.74, 6) is 2.24. The van der Waals surface area contributed by atoms with Crippen molar-refractivity contribution < 1.29 is 14.6 Å². The number of ether oxygens (including phenoxy) is 2. The van der Waals surface area contributed by atoms with Crippen molar-refractivity contribution in [1.82, 2.24) is 5.32 Å². The van der Waals surface area contributed by atoms with Crippen LogP contribution in [-0.2, 0) is 4.74 Å².